The molecule has 28 heavy (non-hydrogen) atoms. The summed E-state index contributed by atoms with van der Waals surface area (Å²) in [6, 6.07) is 0. The lowest BCUT2D eigenvalue weighted by Gasteiger charge is -2.22. The lowest BCUT2D eigenvalue weighted by molar-refractivity contribution is -0.134. The molecule has 0 aliphatic rings. The van der Waals surface area contributed by atoms with Crippen molar-refractivity contribution in [2.45, 2.75) is 59.0 Å². The molecule has 0 saturated heterocycles. The van der Waals surface area contributed by atoms with Gasteiger partial charge in [-0.15, -0.1) is 0 Å². The standard InChI is InChI=1S/C23H34O5/c1-18(12-10-14-22(26)28-4)11-8-6-5-7-9-13-19(2)23(27)21(17-24)16-15-20(3)25/h5-7,9-10,12,14,17,19,21,23,27H,8,11,13,15-16H2,1-4H3/b6-5+,9-7+,14-10+,18-12+. The number of ether oxygens (including phenoxy) is 1. The van der Waals surface area contributed by atoms with E-state index >= 15 is 0 Å². The number of aliphatic hydroxyl groups excluding tert-OH is 1. The van der Waals surface area contributed by atoms with Gasteiger partial charge in [-0.25, -0.2) is 4.79 Å². The van der Waals surface area contributed by atoms with Crippen LogP contribution in [-0.2, 0) is 19.1 Å². The van der Waals surface area contributed by atoms with Crippen LogP contribution in [0.25, 0.3) is 0 Å². The van der Waals surface area contributed by atoms with Crippen LogP contribution in [0, 0.1) is 11.8 Å². The Morgan fingerprint density at radius 3 is 2.36 bits per heavy atom. The zero-order chi connectivity index (χ0) is 21.4. The number of allylic oxidation sites excluding steroid dienone is 7. The molecule has 1 N–H and O–H groups in total. The number of methoxy groups -OCH3 is 1. The summed E-state index contributed by atoms with van der Waals surface area (Å²) in [6.45, 7) is 5.39. The second kappa shape index (κ2) is 15.8. The fourth-order valence-electron chi connectivity index (χ4n) is 2.55. The van der Waals surface area contributed by atoms with E-state index in [4.69, 9.17) is 0 Å². The molecule has 0 radical (unpaired) electrons. The van der Waals surface area contributed by atoms with Crippen molar-refractivity contribution >= 4 is 18.0 Å². The molecule has 0 amide bonds. The molecular formula is C23H34O5. The average molecular weight is 391 g/mol. The van der Waals surface area contributed by atoms with Crippen LogP contribution in [0.1, 0.15) is 52.9 Å². The minimum Gasteiger partial charge on any atom is -0.466 e. The second-order valence-corrected chi connectivity index (χ2v) is 7.03. The van der Waals surface area contributed by atoms with Gasteiger partial charge in [0.05, 0.1) is 13.2 Å². The van der Waals surface area contributed by atoms with Crippen molar-refractivity contribution in [1.82, 2.24) is 0 Å². The van der Waals surface area contributed by atoms with Gasteiger partial charge in [0.15, 0.2) is 0 Å². The van der Waals surface area contributed by atoms with Gasteiger partial charge in [-0.1, -0.05) is 49.0 Å². The molecule has 156 valence electrons. The van der Waals surface area contributed by atoms with Crippen molar-refractivity contribution in [2.75, 3.05) is 7.11 Å². The maximum absolute atomic E-state index is 11.1. The van der Waals surface area contributed by atoms with Crippen LogP contribution >= 0.6 is 0 Å². The first kappa shape index (κ1) is 25.7. The first-order chi connectivity index (χ1) is 13.3. The van der Waals surface area contributed by atoms with E-state index in [1.165, 1.54) is 20.1 Å². The van der Waals surface area contributed by atoms with Crippen molar-refractivity contribution in [3.05, 3.63) is 48.1 Å². The number of carbonyl (C=O) groups excluding carboxylic acids is 3. The van der Waals surface area contributed by atoms with Crippen LogP contribution < -0.4 is 0 Å². The summed E-state index contributed by atoms with van der Waals surface area (Å²) in [5.74, 6) is -0.891. The van der Waals surface area contributed by atoms with Crippen molar-refractivity contribution in [3.63, 3.8) is 0 Å². The van der Waals surface area contributed by atoms with Gasteiger partial charge in [0.25, 0.3) is 0 Å². The van der Waals surface area contributed by atoms with Crippen LogP contribution in [0.15, 0.2) is 48.1 Å². The van der Waals surface area contributed by atoms with Gasteiger partial charge in [-0.05, 0) is 45.4 Å². The minimum absolute atomic E-state index is 0.0290. The molecule has 0 fully saturated rings. The third kappa shape index (κ3) is 13.0. The van der Waals surface area contributed by atoms with Crippen LogP contribution in [0.3, 0.4) is 0 Å². The Balaban J connectivity index is 4.22. The number of ketones is 1. The Labute approximate surface area is 168 Å². The van der Waals surface area contributed by atoms with Crippen molar-refractivity contribution in [2.24, 2.45) is 11.8 Å². The highest BCUT2D eigenvalue weighted by Gasteiger charge is 2.23. The predicted octanol–water partition coefficient (Wildman–Crippen LogP) is 4.13. The largest absolute Gasteiger partial charge is 0.466 e. The predicted molar refractivity (Wildman–Crippen MR) is 112 cm³/mol. The SMILES string of the molecule is COC(=O)/C=C/C=C(\C)CC/C=C/C=C/CC(C)C(O)C(C=O)CCC(C)=O. The zero-order valence-corrected chi connectivity index (χ0v) is 17.5. The first-order valence-corrected chi connectivity index (χ1v) is 9.68. The van der Waals surface area contributed by atoms with E-state index in [1.54, 1.807) is 6.08 Å². The van der Waals surface area contributed by atoms with Crippen molar-refractivity contribution in [3.8, 4) is 0 Å². The lowest BCUT2D eigenvalue weighted by Crippen LogP contribution is -2.28. The summed E-state index contributed by atoms with van der Waals surface area (Å²) >= 11 is 0. The van der Waals surface area contributed by atoms with Crippen molar-refractivity contribution in [1.29, 1.82) is 0 Å². The zero-order valence-electron chi connectivity index (χ0n) is 17.5. The Hall–Kier alpha value is -2.27. The molecule has 5 heteroatoms. The summed E-state index contributed by atoms with van der Waals surface area (Å²) in [5, 5.41) is 10.3. The Morgan fingerprint density at radius 1 is 1.07 bits per heavy atom. The first-order valence-electron chi connectivity index (χ1n) is 9.68. The molecule has 0 aromatic carbocycles. The topological polar surface area (TPSA) is 80.7 Å². The summed E-state index contributed by atoms with van der Waals surface area (Å²) in [7, 11) is 1.35. The molecular weight excluding hydrogens is 356 g/mol. The summed E-state index contributed by atoms with van der Waals surface area (Å²) in [5.41, 5.74) is 1.16. The third-order valence-electron chi connectivity index (χ3n) is 4.44. The molecule has 3 unspecified atom stereocenters. The molecule has 3 atom stereocenters. The van der Waals surface area contributed by atoms with Gasteiger partial charge in [0.2, 0.25) is 0 Å². The van der Waals surface area contributed by atoms with Gasteiger partial charge in [-0.3, -0.25) is 0 Å². The number of aliphatic hydroxyl groups is 1. The fraction of sp³-hybridized carbons (Fsp3) is 0.522. The van der Waals surface area contributed by atoms with Gasteiger partial charge in [-0.2, -0.15) is 0 Å². The number of aldehydes is 1. The molecule has 5 nitrogen and oxygen atoms in total. The van der Waals surface area contributed by atoms with E-state index in [2.05, 4.69) is 10.8 Å². The minimum atomic E-state index is -0.740. The van der Waals surface area contributed by atoms with Crippen LogP contribution in [-0.4, -0.2) is 36.4 Å². The molecule has 0 aliphatic heterocycles. The molecule has 0 aliphatic carbocycles. The quantitative estimate of drug-likeness (QED) is 0.209. The van der Waals surface area contributed by atoms with Crippen LogP contribution in [0.5, 0.6) is 0 Å². The summed E-state index contributed by atoms with van der Waals surface area (Å²) < 4.78 is 4.52. The lowest BCUT2D eigenvalue weighted by atomic mass is 9.87. The van der Waals surface area contributed by atoms with Crippen LogP contribution in [0.4, 0.5) is 0 Å². The third-order valence-corrected chi connectivity index (χ3v) is 4.44. The van der Waals surface area contributed by atoms with Gasteiger partial charge in [0, 0.05) is 18.4 Å². The highest BCUT2D eigenvalue weighted by molar-refractivity contribution is 5.82. The molecule has 0 bridgehead atoms. The highest BCUT2D eigenvalue weighted by Crippen LogP contribution is 2.20. The van der Waals surface area contributed by atoms with Gasteiger partial charge >= 0.3 is 5.97 Å². The number of hydrogen-bond donors (Lipinski definition) is 1. The number of Topliss-reactive ketones (excluding diaryl/α,β-unsaturated/α-hetero) is 1. The molecule has 0 saturated carbocycles. The fourth-order valence-corrected chi connectivity index (χ4v) is 2.55. The summed E-state index contributed by atoms with van der Waals surface area (Å²) in [6.07, 6.45) is 16.0. The van der Waals surface area contributed by atoms with Gasteiger partial charge in [0.1, 0.15) is 12.1 Å². The van der Waals surface area contributed by atoms with E-state index in [0.29, 0.717) is 19.3 Å². The number of carbonyl (C=O) groups is 3. The highest BCUT2D eigenvalue weighted by atomic mass is 16.5. The molecule has 0 heterocycles. The average Bonchev–Trinajstić information content (AvgIpc) is 2.66. The van der Waals surface area contributed by atoms with E-state index in [0.717, 1.165) is 24.7 Å². The molecule has 0 rings (SSSR count). The normalized spacial score (nSPS) is 15.8. The molecule has 0 spiro atoms. The Kier molecular flexibility index (Phi) is 14.5. The summed E-state index contributed by atoms with van der Waals surface area (Å²) in [4.78, 5) is 33.1. The number of hydrogen-bond acceptors (Lipinski definition) is 5. The number of esters is 1. The monoisotopic (exact) mass is 390 g/mol. The molecule has 0 aromatic rings. The Morgan fingerprint density at radius 2 is 1.75 bits per heavy atom. The van der Waals surface area contributed by atoms with E-state index < -0.39 is 12.0 Å². The van der Waals surface area contributed by atoms with E-state index in [9.17, 15) is 19.5 Å². The maximum atomic E-state index is 11.1. The van der Waals surface area contributed by atoms with E-state index in [1.807, 2.05) is 38.2 Å². The maximum Gasteiger partial charge on any atom is 0.330 e. The Bertz CT molecular complexity index is 598. The molecule has 0 aromatic heterocycles. The van der Waals surface area contributed by atoms with Gasteiger partial charge < -0.3 is 19.4 Å². The van der Waals surface area contributed by atoms with Crippen LogP contribution in [0.2, 0.25) is 0 Å². The second-order valence-electron chi connectivity index (χ2n) is 7.03. The van der Waals surface area contributed by atoms with E-state index in [-0.39, 0.29) is 17.7 Å². The smallest absolute Gasteiger partial charge is 0.330 e. The van der Waals surface area contributed by atoms with Crippen molar-refractivity contribution < 1.29 is 24.2 Å². The number of rotatable bonds is 14.